The zero-order valence-electron chi connectivity index (χ0n) is 18.0. The summed E-state index contributed by atoms with van der Waals surface area (Å²) in [6.45, 7) is 5.38. The molecule has 0 N–H and O–H groups in total. The number of rotatable bonds is 7. The molecule has 0 radical (unpaired) electrons. The van der Waals surface area contributed by atoms with E-state index in [1.165, 1.54) is 37.1 Å². The molecule has 0 saturated carbocycles. The number of pyridine rings is 1. The minimum Gasteiger partial charge on any atom is -0.495 e. The van der Waals surface area contributed by atoms with Crippen molar-refractivity contribution in [2.24, 2.45) is 0 Å². The molecule has 1 heterocycles. The molecule has 0 fully saturated rings. The Morgan fingerprint density at radius 3 is 2.48 bits per heavy atom. The predicted octanol–water partition coefficient (Wildman–Crippen LogP) is 4.11. The topological polar surface area (TPSA) is 90.5 Å². The van der Waals surface area contributed by atoms with Crippen LogP contribution >= 0.6 is 11.6 Å². The average Bonchev–Trinajstić information content (AvgIpc) is 2.67. The van der Waals surface area contributed by atoms with Gasteiger partial charge in [-0.2, -0.15) is 5.26 Å². The van der Waals surface area contributed by atoms with Gasteiger partial charge >= 0.3 is 5.97 Å². The van der Waals surface area contributed by atoms with Crippen LogP contribution in [0.25, 0.3) is 11.1 Å². The molecule has 0 aliphatic heterocycles. The van der Waals surface area contributed by atoms with Crippen molar-refractivity contribution >= 4 is 17.6 Å². The minimum absolute atomic E-state index is 0.0597. The molecule has 9 heteroatoms. The van der Waals surface area contributed by atoms with Crippen molar-refractivity contribution in [2.45, 2.75) is 38.8 Å². The Kier molecular flexibility index (Phi) is 7.82. The van der Waals surface area contributed by atoms with E-state index in [9.17, 15) is 19.2 Å². The maximum atomic E-state index is 14.2. The number of benzene rings is 1. The van der Waals surface area contributed by atoms with Crippen LogP contribution in [0.4, 0.5) is 4.39 Å². The van der Waals surface area contributed by atoms with Crippen LogP contribution < -0.4 is 10.3 Å². The molecule has 1 aromatic carbocycles. The number of ether oxygens (including phenoxy) is 3. The maximum Gasteiger partial charge on any atom is 0.329 e. The van der Waals surface area contributed by atoms with Crippen molar-refractivity contribution in [3.63, 3.8) is 0 Å². The molecule has 0 bridgehead atoms. The van der Waals surface area contributed by atoms with Crippen molar-refractivity contribution in [3.05, 3.63) is 51.2 Å². The van der Waals surface area contributed by atoms with E-state index in [1.807, 2.05) is 0 Å². The van der Waals surface area contributed by atoms with Crippen molar-refractivity contribution in [1.82, 2.24) is 4.57 Å². The van der Waals surface area contributed by atoms with Crippen LogP contribution in [0.1, 0.15) is 38.8 Å². The molecule has 0 aliphatic carbocycles. The van der Waals surface area contributed by atoms with E-state index >= 15 is 0 Å². The molecule has 2 rings (SSSR count). The Labute approximate surface area is 184 Å². The van der Waals surface area contributed by atoms with Gasteiger partial charge in [0.1, 0.15) is 29.3 Å². The standard InChI is InChI=1S/C22H24ClFN2O5/c1-22(2,3)31-21(28)18(6-7-29-4)26-12-19(30-5)15(10-20(26)27)14-8-13(23)9-17(24)16(14)11-25/h8-10,12,18H,6-7H2,1-5H3. The van der Waals surface area contributed by atoms with Gasteiger partial charge in [-0.05, 0) is 32.9 Å². The van der Waals surface area contributed by atoms with Gasteiger partial charge in [0.25, 0.3) is 5.56 Å². The zero-order valence-corrected chi connectivity index (χ0v) is 18.7. The number of esters is 1. The lowest BCUT2D eigenvalue weighted by molar-refractivity contribution is -0.159. The number of hydrogen-bond donors (Lipinski definition) is 0. The van der Waals surface area contributed by atoms with Crippen LogP contribution in [0.2, 0.25) is 5.02 Å². The summed E-state index contributed by atoms with van der Waals surface area (Å²) in [5.41, 5.74) is -1.30. The summed E-state index contributed by atoms with van der Waals surface area (Å²) in [6.07, 6.45) is 1.52. The Morgan fingerprint density at radius 2 is 1.94 bits per heavy atom. The largest absolute Gasteiger partial charge is 0.495 e. The molecular formula is C22H24ClFN2O5. The minimum atomic E-state index is -0.971. The summed E-state index contributed by atoms with van der Waals surface area (Å²) < 4.78 is 31.3. The highest BCUT2D eigenvalue weighted by atomic mass is 35.5. The fourth-order valence-corrected chi connectivity index (χ4v) is 3.22. The summed E-state index contributed by atoms with van der Waals surface area (Å²) in [6, 6.07) is 4.38. The molecule has 0 spiro atoms. The molecule has 0 saturated heterocycles. The Morgan fingerprint density at radius 1 is 1.26 bits per heavy atom. The smallest absolute Gasteiger partial charge is 0.329 e. The number of nitrogens with zero attached hydrogens (tertiary/aromatic N) is 2. The van der Waals surface area contributed by atoms with Gasteiger partial charge in [0.15, 0.2) is 0 Å². The van der Waals surface area contributed by atoms with Crippen LogP contribution in [-0.2, 0) is 14.3 Å². The van der Waals surface area contributed by atoms with E-state index in [2.05, 4.69) is 0 Å². The lowest BCUT2D eigenvalue weighted by Crippen LogP contribution is -2.35. The number of carbonyl (C=O) groups is 1. The summed E-state index contributed by atoms with van der Waals surface area (Å²) in [5, 5.41) is 9.43. The first-order valence-electron chi connectivity index (χ1n) is 9.44. The fourth-order valence-electron chi connectivity index (χ4n) is 3.01. The Balaban J connectivity index is 2.66. The summed E-state index contributed by atoms with van der Waals surface area (Å²) in [5.74, 6) is -1.26. The number of carbonyl (C=O) groups excluding carboxylic acids is 1. The number of hydrogen-bond acceptors (Lipinski definition) is 6. The fraction of sp³-hybridized carbons (Fsp3) is 0.409. The van der Waals surface area contributed by atoms with Gasteiger partial charge in [-0.3, -0.25) is 9.36 Å². The number of methoxy groups -OCH3 is 2. The van der Waals surface area contributed by atoms with Gasteiger partial charge in [0.2, 0.25) is 0 Å². The normalized spacial score (nSPS) is 12.2. The van der Waals surface area contributed by atoms with E-state index in [1.54, 1.807) is 26.8 Å². The van der Waals surface area contributed by atoms with Gasteiger partial charge in [0, 0.05) is 42.4 Å². The molecular weight excluding hydrogens is 427 g/mol. The van der Waals surface area contributed by atoms with Crippen molar-refractivity contribution < 1.29 is 23.4 Å². The molecule has 1 unspecified atom stereocenters. The zero-order chi connectivity index (χ0) is 23.3. The first-order chi connectivity index (χ1) is 14.5. The Bertz CT molecular complexity index is 1070. The second-order valence-electron chi connectivity index (χ2n) is 7.75. The van der Waals surface area contributed by atoms with Crippen LogP contribution in [0.3, 0.4) is 0 Å². The van der Waals surface area contributed by atoms with Gasteiger partial charge in [0.05, 0.1) is 18.9 Å². The van der Waals surface area contributed by atoms with Crippen molar-refractivity contribution in [3.8, 4) is 22.9 Å². The predicted molar refractivity (Wildman–Crippen MR) is 114 cm³/mol. The maximum absolute atomic E-state index is 14.2. The molecule has 0 amide bonds. The van der Waals surface area contributed by atoms with Crippen LogP contribution in [0.5, 0.6) is 5.75 Å². The van der Waals surface area contributed by atoms with Gasteiger partial charge < -0.3 is 14.2 Å². The van der Waals surface area contributed by atoms with Crippen molar-refractivity contribution in [1.29, 1.82) is 5.26 Å². The van der Waals surface area contributed by atoms with Crippen molar-refractivity contribution in [2.75, 3.05) is 20.8 Å². The summed E-state index contributed by atoms with van der Waals surface area (Å²) >= 11 is 5.96. The molecule has 7 nitrogen and oxygen atoms in total. The SMILES string of the molecule is COCCC(C(=O)OC(C)(C)C)n1cc(OC)c(-c2cc(Cl)cc(F)c2C#N)cc1=O. The van der Waals surface area contributed by atoms with E-state index in [4.69, 9.17) is 25.8 Å². The van der Waals surface area contributed by atoms with Crippen LogP contribution in [0, 0.1) is 17.1 Å². The molecule has 2 aromatic rings. The average molecular weight is 451 g/mol. The van der Waals surface area contributed by atoms with E-state index in [0.29, 0.717) is 0 Å². The van der Waals surface area contributed by atoms with Gasteiger partial charge in [-0.25, -0.2) is 9.18 Å². The molecule has 166 valence electrons. The summed E-state index contributed by atoms with van der Waals surface area (Å²) in [4.78, 5) is 25.7. The number of nitriles is 1. The highest BCUT2D eigenvalue weighted by Gasteiger charge is 2.28. The molecule has 31 heavy (non-hydrogen) atoms. The van der Waals surface area contributed by atoms with E-state index < -0.39 is 29.0 Å². The molecule has 1 aromatic heterocycles. The quantitative estimate of drug-likeness (QED) is 0.589. The van der Waals surface area contributed by atoms with Crippen LogP contribution in [0.15, 0.2) is 29.2 Å². The monoisotopic (exact) mass is 450 g/mol. The second kappa shape index (κ2) is 9.94. The van der Waals surface area contributed by atoms with E-state index in [0.717, 1.165) is 6.07 Å². The number of aromatic nitrogens is 1. The van der Waals surface area contributed by atoms with Gasteiger partial charge in [-0.1, -0.05) is 11.6 Å². The lowest BCUT2D eigenvalue weighted by Gasteiger charge is -2.25. The Hall–Kier alpha value is -2.89. The lowest BCUT2D eigenvalue weighted by atomic mass is 9.99. The molecule has 1 atom stereocenters. The van der Waals surface area contributed by atoms with E-state index in [-0.39, 0.29) is 40.5 Å². The first-order valence-corrected chi connectivity index (χ1v) is 9.81. The highest BCUT2D eigenvalue weighted by molar-refractivity contribution is 6.31. The third-order valence-electron chi connectivity index (χ3n) is 4.33. The highest BCUT2D eigenvalue weighted by Crippen LogP contribution is 2.35. The first kappa shape index (κ1) is 24.4. The number of halogens is 2. The molecule has 0 aliphatic rings. The second-order valence-corrected chi connectivity index (χ2v) is 8.19. The summed E-state index contributed by atoms with van der Waals surface area (Å²) in [7, 11) is 2.84. The third kappa shape index (κ3) is 5.84. The third-order valence-corrected chi connectivity index (χ3v) is 4.55. The van der Waals surface area contributed by atoms with Gasteiger partial charge in [-0.15, -0.1) is 0 Å². The van der Waals surface area contributed by atoms with Crippen LogP contribution in [-0.4, -0.2) is 37.0 Å².